The van der Waals surface area contributed by atoms with Crippen LogP contribution in [0.25, 0.3) is 0 Å². The molecule has 0 amide bonds. The molecule has 3 rings (SSSR count). The second-order valence-corrected chi connectivity index (χ2v) is 6.03. The van der Waals surface area contributed by atoms with Gasteiger partial charge in [0.2, 0.25) is 0 Å². The van der Waals surface area contributed by atoms with E-state index in [0.717, 1.165) is 29.5 Å². The fourth-order valence-corrected chi connectivity index (χ4v) is 3.28. The van der Waals surface area contributed by atoms with Crippen LogP contribution in [-0.2, 0) is 6.42 Å². The molecular weight excluding hydrogens is 298 g/mol. The molecule has 0 fully saturated rings. The lowest BCUT2D eigenvalue weighted by Crippen LogP contribution is -2.32. The van der Waals surface area contributed by atoms with E-state index in [0.29, 0.717) is 0 Å². The topological polar surface area (TPSA) is 21.7 Å². The van der Waals surface area contributed by atoms with Gasteiger partial charge in [0.25, 0.3) is 0 Å². The molecule has 3 nitrogen and oxygen atoms in total. The normalized spacial score (nSPS) is 17.9. The Morgan fingerprint density at radius 1 is 1.05 bits per heavy atom. The SMILES string of the molecule is COc1cc2c(cc1OC)C(c1ccc(Cl)cc1)N(C)CC2. The van der Waals surface area contributed by atoms with Crippen LogP contribution in [0.4, 0.5) is 0 Å². The molecule has 0 bridgehead atoms. The van der Waals surface area contributed by atoms with Crippen molar-refractivity contribution < 1.29 is 9.47 Å². The Kier molecular flexibility index (Phi) is 4.27. The quantitative estimate of drug-likeness (QED) is 0.856. The molecule has 2 aromatic rings. The van der Waals surface area contributed by atoms with Gasteiger partial charge in [0.15, 0.2) is 11.5 Å². The minimum atomic E-state index is 0.209. The number of hydrogen-bond acceptors (Lipinski definition) is 3. The van der Waals surface area contributed by atoms with Crippen molar-refractivity contribution in [3.05, 3.63) is 58.1 Å². The van der Waals surface area contributed by atoms with Gasteiger partial charge >= 0.3 is 0 Å². The Hall–Kier alpha value is -1.71. The molecule has 1 atom stereocenters. The lowest BCUT2D eigenvalue weighted by Gasteiger charge is -2.35. The molecule has 2 aromatic carbocycles. The molecule has 1 aliphatic heterocycles. The van der Waals surface area contributed by atoms with Gasteiger partial charge in [-0.25, -0.2) is 0 Å². The number of rotatable bonds is 3. The van der Waals surface area contributed by atoms with E-state index in [2.05, 4.69) is 36.2 Å². The van der Waals surface area contributed by atoms with Crippen molar-refractivity contribution in [3.8, 4) is 11.5 Å². The molecule has 1 aliphatic rings. The van der Waals surface area contributed by atoms with E-state index in [9.17, 15) is 0 Å². The predicted molar refractivity (Wildman–Crippen MR) is 89.2 cm³/mol. The van der Waals surface area contributed by atoms with Crippen LogP contribution in [0.5, 0.6) is 11.5 Å². The first-order valence-corrected chi connectivity index (χ1v) is 7.72. The molecule has 116 valence electrons. The zero-order valence-electron chi connectivity index (χ0n) is 13.1. The van der Waals surface area contributed by atoms with Crippen molar-refractivity contribution in [3.63, 3.8) is 0 Å². The second-order valence-electron chi connectivity index (χ2n) is 5.59. The summed E-state index contributed by atoms with van der Waals surface area (Å²) in [5.41, 5.74) is 3.82. The maximum atomic E-state index is 6.02. The number of methoxy groups -OCH3 is 2. The minimum absolute atomic E-state index is 0.209. The fourth-order valence-electron chi connectivity index (χ4n) is 3.15. The summed E-state index contributed by atoms with van der Waals surface area (Å²) < 4.78 is 10.9. The third-order valence-corrected chi connectivity index (χ3v) is 4.55. The molecule has 0 N–H and O–H groups in total. The number of hydrogen-bond donors (Lipinski definition) is 0. The Labute approximate surface area is 136 Å². The van der Waals surface area contributed by atoms with Gasteiger partial charge in [-0.3, -0.25) is 4.90 Å². The molecule has 1 unspecified atom stereocenters. The summed E-state index contributed by atoms with van der Waals surface area (Å²) in [6.07, 6.45) is 1.01. The summed E-state index contributed by atoms with van der Waals surface area (Å²) in [5.74, 6) is 1.57. The summed E-state index contributed by atoms with van der Waals surface area (Å²) in [6, 6.07) is 12.5. The number of halogens is 1. The van der Waals surface area contributed by atoms with E-state index in [1.165, 1.54) is 16.7 Å². The number of nitrogens with zero attached hydrogens (tertiary/aromatic N) is 1. The van der Waals surface area contributed by atoms with Gasteiger partial charge in [-0.05, 0) is 54.4 Å². The zero-order valence-corrected chi connectivity index (χ0v) is 13.9. The van der Waals surface area contributed by atoms with Gasteiger partial charge in [0, 0.05) is 11.6 Å². The van der Waals surface area contributed by atoms with E-state index in [1.54, 1.807) is 14.2 Å². The summed E-state index contributed by atoms with van der Waals surface area (Å²) in [5, 5.41) is 0.759. The monoisotopic (exact) mass is 317 g/mol. The molecule has 0 saturated heterocycles. The van der Waals surface area contributed by atoms with Crippen molar-refractivity contribution in [2.75, 3.05) is 27.8 Å². The van der Waals surface area contributed by atoms with Gasteiger partial charge in [0.1, 0.15) is 0 Å². The van der Waals surface area contributed by atoms with E-state index in [-0.39, 0.29) is 6.04 Å². The Morgan fingerprint density at radius 3 is 2.32 bits per heavy atom. The van der Waals surface area contributed by atoms with Gasteiger partial charge in [-0.2, -0.15) is 0 Å². The van der Waals surface area contributed by atoms with Gasteiger partial charge in [0.05, 0.1) is 20.3 Å². The minimum Gasteiger partial charge on any atom is -0.493 e. The van der Waals surface area contributed by atoms with E-state index < -0.39 is 0 Å². The maximum absolute atomic E-state index is 6.02. The Balaban J connectivity index is 2.11. The lowest BCUT2D eigenvalue weighted by molar-refractivity contribution is 0.262. The Bertz CT molecular complexity index is 670. The standard InChI is InChI=1S/C18H20ClNO2/c1-20-9-8-13-10-16(21-2)17(22-3)11-15(13)18(20)12-4-6-14(19)7-5-12/h4-7,10-11,18H,8-9H2,1-3H3. The molecule has 0 aliphatic carbocycles. The number of fused-ring (bicyclic) bond motifs is 1. The summed E-state index contributed by atoms with van der Waals surface area (Å²) in [4.78, 5) is 2.36. The second kappa shape index (κ2) is 6.19. The van der Waals surface area contributed by atoms with Crippen molar-refractivity contribution in [1.29, 1.82) is 0 Å². The fraction of sp³-hybridized carbons (Fsp3) is 0.333. The first-order chi connectivity index (χ1) is 10.6. The van der Waals surface area contributed by atoms with Crippen LogP contribution >= 0.6 is 11.6 Å². The highest BCUT2D eigenvalue weighted by Crippen LogP contribution is 2.40. The number of ether oxygens (including phenoxy) is 2. The zero-order chi connectivity index (χ0) is 15.7. The van der Waals surface area contributed by atoms with Crippen LogP contribution in [0.15, 0.2) is 36.4 Å². The first kappa shape index (κ1) is 15.2. The molecule has 22 heavy (non-hydrogen) atoms. The largest absolute Gasteiger partial charge is 0.493 e. The van der Waals surface area contributed by atoms with Crippen LogP contribution in [0.1, 0.15) is 22.7 Å². The lowest BCUT2D eigenvalue weighted by atomic mass is 9.88. The average Bonchev–Trinajstić information content (AvgIpc) is 2.54. The smallest absolute Gasteiger partial charge is 0.161 e. The predicted octanol–water partition coefficient (Wildman–Crippen LogP) is 3.93. The van der Waals surface area contributed by atoms with Gasteiger partial charge < -0.3 is 9.47 Å². The number of benzene rings is 2. The third kappa shape index (κ3) is 2.67. The van der Waals surface area contributed by atoms with Crippen LogP contribution in [-0.4, -0.2) is 32.7 Å². The van der Waals surface area contributed by atoms with Crippen molar-refractivity contribution in [2.45, 2.75) is 12.5 Å². The molecular formula is C18H20ClNO2. The highest BCUT2D eigenvalue weighted by Gasteiger charge is 2.28. The van der Waals surface area contributed by atoms with E-state index in [4.69, 9.17) is 21.1 Å². The molecule has 0 aromatic heterocycles. The van der Waals surface area contributed by atoms with Crippen LogP contribution < -0.4 is 9.47 Å². The third-order valence-electron chi connectivity index (χ3n) is 4.30. The molecule has 1 heterocycles. The van der Waals surface area contributed by atoms with Crippen molar-refractivity contribution in [2.24, 2.45) is 0 Å². The molecule has 4 heteroatoms. The van der Waals surface area contributed by atoms with Gasteiger partial charge in [-0.1, -0.05) is 23.7 Å². The summed E-state index contributed by atoms with van der Waals surface area (Å²) in [6.45, 7) is 1.01. The number of likely N-dealkylation sites (N-methyl/N-ethyl adjacent to an activating group) is 1. The van der Waals surface area contributed by atoms with Gasteiger partial charge in [-0.15, -0.1) is 0 Å². The van der Waals surface area contributed by atoms with E-state index >= 15 is 0 Å². The highest BCUT2D eigenvalue weighted by atomic mass is 35.5. The Morgan fingerprint density at radius 2 is 1.68 bits per heavy atom. The van der Waals surface area contributed by atoms with E-state index in [1.807, 2.05) is 12.1 Å². The highest BCUT2D eigenvalue weighted by molar-refractivity contribution is 6.30. The van der Waals surface area contributed by atoms with Crippen molar-refractivity contribution in [1.82, 2.24) is 4.90 Å². The van der Waals surface area contributed by atoms with Crippen LogP contribution in [0, 0.1) is 0 Å². The van der Waals surface area contributed by atoms with Crippen molar-refractivity contribution >= 4 is 11.6 Å². The average molecular weight is 318 g/mol. The molecule has 0 spiro atoms. The maximum Gasteiger partial charge on any atom is 0.161 e. The van der Waals surface area contributed by atoms with Crippen LogP contribution in [0.2, 0.25) is 5.02 Å². The van der Waals surface area contributed by atoms with Crippen LogP contribution in [0.3, 0.4) is 0 Å². The summed E-state index contributed by atoms with van der Waals surface area (Å²) >= 11 is 6.02. The summed E-state index contributed by atoms with van der Waals surface area (Å²) in [7, 11) is 5.50. The first-order valence-electron chi connectivity index (χ1n) is 7.34. The molecule has 0 saturated carbocycles. The molecule has 0 radical (unpaired) electrons.